The number of hydrogen-bond acceptors (Lipinski definition) is 25. The van der Waals surface area contributed by atoms with Gasteiger partial charge in [-0.2, -0.15) is 0 Å². The number of carboxylic acids is 2. The van der Waals surface area contributed by atoms with Crippen LogP contribution in [0.3, 0.4) is 0 Å². The van der Waals surface area contributed by atoms with Crippen molar-refractivity contribution in [2.75, 3.05) is 25.6 Å². The zero-order chi connectivity index (χ0) is 65.8. The van der Waals surface area contributed by atoms with Gasteiger partial charge in [0.05, 0.1) is 54.3 Å². The minimum Gasteiger partial charge on any atom is -0.481 e. The number of imidazole rings is 1. The van der Waals surface area contributed by atoms with Gasteiger partial charge in [-0.3, -0.25) is 28.8 Å². The van der Waals surface area contributed by atoms with Crippen molar-refractivity contribution in [3.8, 4) is 43.4 Å². The van der Waals surface area contributed by atoms with Crippen LogP contribution in [-0.2, 0) is 30.5 Å². The number of aliphatic carboxylic acids is 1. The third-order valence-electron chi connectivity index (χ3n) is 14.9. The number of nitrogens with zero attached hydrogens (tertiary/aromatic N) is 9. The van der Waals surface area contributed by atoms with E-state index >= 15 is 0 Å². The zero-order valence-corrected chi connectivity index (χ0v) is 54.7. The number of nitrogens with one attached hydrogen (secondary N) is 6. The van der Waals surface area contributed by atoms with E-state index in [0.29, 0.717) is 52.3 Å². The molecular formula is C59H57N15O13S6. The van der Waals surface area contributed by atoms with Crippen molar-refractivity contribution in [1.29, 1.82) is 0 Å². The molecule has 28 nitrogen and oxygen atoms in total. The minimum absolute atomic E-state index is 0.0106. The van der Waals surface area contributed by atoms with Gasteiger partial charge in [0.2, 0.25) is 17.6 Å². The maximum atomic E-state index is 14.4. The Morgan fingerprint density at radius 3 is 2.14 bits per heavy atom. The molecule has 34 heteroatoms. The molecule has 2 aliphatic rings. The molecule has 10 bridgehead atoms. The summed E-state index contributed by atoms with van der Waals surface area (Å²) in [7, 11) is 2.91. The second kappa shape index (κ2) is 28.4. The van der Waals surface area contributed by atoms with Crippen molar-refractivity contribution < 1.29 is 63.1 Å². The van der Waals surface area contributed by atoms with Crippen LogP contribution in [-0.4, -0.2) is 135 Å². The lowest BCUT2D eigenvalue weighted by Gasteiger charge is -2.28. The van der Waals surface area contributed by atoms with Crippen LogP contribution in [0.2, 0.25) is 0 Å². The molecule has 1 aliphatic carbocycles. The number of aliphatic hydroxyl groups excluding tert-OH is 1. The number of pyridine rings is 1. The van der Waals surface area contributed by atoms with Crippen molar-refractivity contribution in [2.24, 2.45) is 11.8 Å². The van der Waals surface area contributed by atoms with Crippen LogP contribution in [0.4, 0.5) is 16.4 Å². The molecule has 0 unspecified atom stereocenters. The van der Waals surface area contributed by atoms with Crippen molar-refractivity contribution >= 4 is 127 Å². The Morgan fingerprint density at radius 1 is 0.710 bits per heavy atom. The summed E-state index contributed by atoms with van der Waals surface area (Å²) in [6.07, 6.45) is -0.860. The molecule has 4 atom stereocenters. The van der Waals surface area contributed by atoms with Gasteiger partial charge in [-0.25, -0.2) is 54.4 Å². The number of aryl methyl sites for hydroxylation is 1. The first-order chi connectivity index (χ1) is 44.7. The fourth-order valence-corrected chi connectivity index (χ4v) is 15.7. The smallest absolute Gasteiger partial charge is 0.421 e. The first-order valence-corrected chi connectivity index (χ1v) is 33.8. The first-order valence-electron chi connectivity index (χ1n) is 28.7. The number of carbonyl (C=O) groups is 8. The van der Waals surface area contributed by atoms with E-state index in [2.05, 4.69) is 41.5 Å². The van der Waals surface area contributed by atoms with E-state index in [1.165, 1.54) is 36.3 Å². The Bertz CT molecular complexity index is 4300. The topological polar surface area (TPSA) is 398 Å². The summed E-state index contributed by atoms with van der Waals surface area (Å²) in [5.41, 5.74) is 2.09. The highest BCUT2D eigenvalue weighted by Gasteiger charge is 2.35. The van der Waals surface area contributed by atoms with Gasteiger partial charge in [-0.1, -0.05) is 44.2 Å². The number of ether oxygens (including phenoxy) is 2. The molecule has 0 spiro atoms. The average Bonchev–Trinajstić information content (AvgIpc) is 1.71. The van der Waals surface area contributed by atoms with Gasteiger partial charge in [0.15, 0.2) is 5.82 Å². The highest BCUT2D eigenvalue weighted by Crippen LogP contribution is 2.41. The molecule has 93 heavy (non-hydrogen) atoms. The van der Waals surface area contributed by atoms with E-state index in [4.69, 9.17) is 39.4 Å². The predicted octanol–water partition coefficient (Wildman–Crippen LogP) is 8.65. The largest absolute Gasteiger partial charge is 0.481 e. The van der Waals surface area contributed by atoms with Gasteiger partial charge in [-0.15, -0.1) is 68.0 Å². The summed E-state index contributed by atoms with van der Waals surface area (Å²) in [5, 5.41) is 53.8. The van der Waals surface area contributed by atoms with Gasteiger partial charge in [0, 0.05) is 46.1 Å². The average molecular weight is 1380 g/mol. The van der Waals surface area contributed by atoms with Crippen molar-refractivity contribution in [3.63, 3.8) is 0 Å². The monoisotopic (exact) mass is 1380 g/mol. The number of thiazole rings is 6. The van der Waals surface area contributed by atoms with Gasteiger partial charge in [0.1, 0.15) is 88.3 Å². The number of carbonyl (C=O) groups excluding carboxylic acids is 6. The van der Waals surface area contributed by atoms with Crippen LogP contribution in [0, 0.1) is 18.8 Å². The molecule has 11 rings (SSSR count). The summed E-state index contributed by atoms with van der Waals surface area (Å²) in [6, 6.07) is 9.10. The molecule has 1 aliphatic heterocycles. The van der Waals surface area contributed by atoms with Crippen LogP contribution in [0.25, 0.3) is 43.4 Å². The predicted molar refractivity (Wildman–Crippen MR) is 344 cm³/mol. The molecule has 1 aromatic carbocycles. The normalized spacial score (nSPS) is 18.3. The number of aromatic carboxylic acids is 1. The quantitative estimate of drug-likeness (QED) is 0.0521. The summed E-state index contributed by atoms with van der Waals surface area (Å²) in [6.45, 7) is 4.85. The lowest BCUT2D eigenvalue weighted by molar-refractivity contribution is -0.143. The Balaban J connectivity index is 0.985. The number of fused-ring (bicyclic) bond motifs is 14. The van der Waals surface area contributed by atoms with Gasteiger partial charge in [0.25, 0.3) is 17.7 Å². The maximum absolute atomic E-state index is 14.4. The highest BCUT2D eigenvalue weighted by molar-refractivity contribution is 7.15. The maximum Gasteiger partial charge on any atom is 0.421 e. The minimum atomic E-state index is -1.39. The molecule has 0 radical (unpaired) electrons. The number of rotatable bonds is 13. The number of aromatic nitrogens is 9. The number of H-pyrrole nitrogens is 1. The summed E-state index contributed by atoms with van der Waals surface area (Å²) >= 11 is 6.83. The number of aromatic amines is 1. The molecule has 9 heterocycles. The van der Waals surface area contributed by atoms with Gasteiger partial charge in [-0.05, 0) is 56.2 Å². The second-order valence-corrected chi connectivity index (χ2v) is 27.4. The van der Waals surface area contributed by atoms with Crippen LogP contribution in [0.15, 0.2) is 70.2 Å². The van der Waals surface area contributed by atoms with Crippen LogP contribution in [0.1, 0.15) is 143 Å². The fraction of sp³-hybridized carbons (Fsp3) is 0.322. The lowest BCUT2D eigenvalue weighted by Crippen LogP contribution is -2.40. The van der Waals surface area contributed by atoms with Crippen LogP contribution in [0.5, 0.6) is 0 Å². The number of aliphatic hydroxyl groups is 1. The molecule has 482 valence electrons. The first kappa shape index (κ1) is 65.3. The summed E-state index contributed by atoms with van der Waals surface area (Å²) < 4.78 is 11.3. The number of methoxy groups -OCH3 is 1. The molecule has 9 N–H and O–H groups in total. The van der Waals surface area contributed by atoms with Crippen molar-refractivity contribution in [2.45, 2.75) is 89.8 Å². The van der Waals surface area contributed by atoms with E-state index in [0.717, 1.165) is 67.8 Å². The van der Waals surface area contributed by atoms with E-state index in [-0.39, 0.29) is 94.7 Å². The summed E-state index contributed by atoms with van der Waals surface area (Å²) in [5.74, 6) is -6.76. The van der Waals surface area contributed by atoms with E-state index in [1.807, 2.05) is 13.8 Å². The molecule has 9 aromatic rings. The molecule has 6 amide bonds. The molecule has 8 aromatic heterocycles. The zero-order valence-electron chi connectivity index (χ0n) is 49.8. The standard InChI is InChI=1S/C59H57N15O13S6/c1-25(2)41-56-73-44(36(93-56)20-86-5)49(79)62-19-40(76)70-45(46(77)27-9-7-6-8-10-27)55-67-35(23-90-55)53-65-33(21-89-53)43-30(51-66-34(22-88-51)48(78)64-32(17-39(75)60-4)54-72-42(26(3)92-54)50(80)71-41)15-16-31(63-43)52-69-38(24-91-52)74(37-18-61-47(68-37)58(83)84)59(85)87-29-13-11-28(12-14-29)57(81)82/h6-10,15-16,18,21-25,28-29,32,41,45-46,77H,11-14,17,19-20H2,1-5H3,(H,60,75)(H,61,68)(H,62,79)(H,64,78)(H,70,76)(H,71,80)(H,81,82)(H,83,84)/t28?,29?,32-,41-,45-,46-/m0/s1. The molecule has 0 saturated heterocycles. The van der Waals surface area contributed by atoms with Gasteiger partial charge < -0.3 is 56.4 Å². The third kappa shape index (κ3) is 14.6. The number of anilines is 2. The Hall–Kier alpha value is -9.16. The summed E-state index contributed by atoms with van der Waals surface area (Å²) in [4.78, 5) is 150. The number of amides is 6. The number of hydrogen-bond donors (Lipinski definition) is 9. The van der Waals surface area contributed by atoms with E-state index in [9.17, 15) is 53.7 Å². The number of carboxylic acid groups (broad SMARTS) is 2. The van der Waals surface area contributed by atoms with Gasteiger partial charge >= 0.3 is 18.0 Å². The van der Waals surface area contributed by atoms with E-state index in [1.54, 1.807) is 60.1 Å². The molecule has 1 saturated carbocycles. The van der Waals surface area contributed by atoms with Crippen molar-refractivity contribution in [1.82, 2.24) is 71.4 Å². The third-order valence-corrected chi connectivity index (χ3v) is 20.7. The SMILES string of the molecule is CNC(=O)C[C@@H]1NC(=O)c2csc(n2)-c2ccc(-c3nc(N(C(=O)OC4CCC(C(=O)O)CC4)c4cnc(C(=O)O)[nH]4)cs3)nc2-c2csc(n2)-c2csc(n2)[C@H]([C@@H](O)c2ccccc2)NC(=O)CNC(=O)c2nc(sc2COC)[C@H](C(C)C)NC(=O)c2nc1sc2C. The second-order valence-electron chi connectivity index (χ2n) is 21.6. The van der Waals surface area contributed by atoms with Crippen molar-refractivity contribution in [3.05, 3.63) is 123 Å². The Kier molecular flexibility index (Phi) is 19.9. The Labute approximate surface area is 552 Å². The number of benzene rings is 1. The lowest BCUT2D eigenvalue weighted by atomic mass is 9.87. The Morgan fingerprint density at radius 2 is 1.42 bits per heavy atom. The van der Waals surface area contributed by atoms with Crippen LogP contribution < -0.4 is 31.5 Å². The van der Waals surface area contributed by atoms with E-state index < -0.39 is 96.2 Å². The molecular weight excluding hydrogens is 1320 g/mol. The molecule has 1 fully saturated rings. The fourth-order valence-electron chi connectivity index (χ4n) is 10.2. The van der Waals surface area contributed by atoms with Crippen LogP contribution >= 0.6 is 68.0 Å². The highest BCUT2D eigenvalue weighted by atomic mass is 32.1.